The summed E-state index contributed by atoms with van der Waals surface area (Å²) in [4.78, 5) is 12.4. The average Bonchev–Trinajstić information content (AvgIpc) is 3.24. The number of hydrogen-bond donors (Lipinski definition) is 1. The van der Waals surface area contributed by atoms with E-state index in [0.29, 0.717) is 39.4 Å². The predicted molar refractivity (Wildman–Crippen MR) is 103 cm³/mol. The van der Waals surface area contributed by atoms with E-state index in [1.165, 1.54) is 32.9 Å². The van der Waals surface area contributed by atoms with Crippen molar-refractivity contribution in [3.05, 3.63) is 29.8 Å². The van der Waals surface area contributed by atoms with Crippen LogP contribution in [0.25, 0.3) is 0 Å². The first-order valence-electron chi connectivity index (χ1n) is 9.25. The minimum absolute atomic E-state index is 0.0215. The molecule has 2 saturated heterocycles. The van der Waals surface area contributed by atoms with Gasteiger partial charge in [-0.05, 0) is 37.1 Å². The summed E-state index contributed by atoms with van der Waals surface area (Å²) in [7, 11) is -6.97. The van der Waals surface area contributed by atoms with Crippen molar-refractivity contribution in [2.45, 2.75) is 17.7 Å². The SMILES string of the molecule is O=C(NCCS(=O)(=O)N1CCOCC1)c1ccc(S(=O)(=O)N2CCCC2)cc1. The number of rotatable bonds is 7. The van der Waals surface area contributed by atoms with Crippen LogP contribution in [0.1, 0.15) is 23.2 Å². The molecular formula is C17H25N3O6S2. The van der Waals surface area contributed by atoms with Crippen LogP contribution < -0.4 is 5.32 Å². The zero-order chi connectivity index (χ0) is 20.2. The number of ether oxygens (including phenoxy) is 1. The summed E-state index contributed by atoms with van der Waals surface area (Å²) in [6, 6.07) is 5.70. The van der Waals surface area contributed by atoms with Gasteiger partial charge in [-0.3, -0.25) is 4.79 Å². The van der Waals surface area contributed by atoms with Crippen LogP contribution in [0, 0.1) is 0 Å². The maximum atomic E-state index is 12.5. The molecule has 9 nitrogen and oxygen atoms in total. The molecule has 2 aliphatic rings. The van der Waals surface area contributed by atoms with E-state index in [0.717, 1.165) is 12.8 Å². The zero-order valence-corrected chi connectivity index (χ0v) is 17.2. The van der Waals surface area contributed by atoms with Gasteiger partial charge in [0, 0.05) is 38.3 Å². The Hall–Kier alpha value is -1.53. The Bertz CT molecular complexity index is 887. The first-order chi connectivity index (χ1) is 13.3. The van der Waals surface area contributed by atoms with Gasteiger partial charge in [0.1, 0.15) is 0 Å². The maximum Gasteiger partial charge on any atom is 0.251 e. The van der Waals surface area contributed by atoms with Crippen LogP contribution in [0.3, 0.4) is 0 Å². The van der Waals surface area contributed by atoms with Crippen LogP contribution in [-0.2, 0) is 24.8 Å². The molecule has 0 unspecified atom stereocenters. The van der Waals surface area contributed by atoms with E-state index >= 15 is 0 Å². The van der Waals surface area contributed by atoms with E-state index in [4.69, 9.17) is 4.74 Å². The van der Waals surface area contributed by atoms with E-state index < -0.39 is 26.0 Å². The lowest BCUT2D eigenvalue weighted by Gasteiger charge is -2.26. The number of nitrogens with zero attached hydrogens (tertiary/aromatic N) is 2. The molecule has 0 aromatic heterocycles. The van der Waals surface area contributed by atoms with Gasteiger partial charge in [0.15, 0.2) is 0 Å². The van der Waals surface area contributed by atoms with Crippen LogP contribution in [0.4, 0.5) is 0 Å². The number of amides is 1. The third-order valence-corrected chi connectivity index (χ3v) is 8.61. The van der Waals surface area contributed by atoms with Crippen molar-refractivity contribution in [3.8, 4) is 0 Å². The predicted octanol–water partition coefficient (Wildman–Crippen LogP) is -0.137. The molecule has 156 valence electrons. The molecule has 0 saturated carbocycles. The second kappa shape index (κ2) is 8.87. The monoisotopic (exact) mass is 431 g/mol. The van der Waals surface area contributed by atoms with Crippen LogP contribution in [0.15, 0.2) is 29.2 Å². The number of hydrogen-bond acceptors (Lipinski definition) is 6. The van der Waals surface area contributed by atoms with E-state index in [1.54, 1.807) is 0 Å². The normalized spacial score (nSPS) is 19.6. The molecule has 1 amide bonds. The fourth-order valence-corrected chi connectivity index (χ4v) is 6.05. The summed E-state index contributed by atoms with van der Waals surface area (Å²) >= 11 is 0. The molecule has 28 heavy (non-hydrogen) atoms. The van der Waals surface area contributed by atoms with Crippen molar-refractivity contribution in [3.63, 3.8) is 0 Å². The number of carbonyl (C=O) groups excluding carboxylic acids is 1. The molecule has 2 aliphatic heterocycles. The van der Waals surface area contributed by atoms with Gasteiger partial charge in [0.05, 0.1) is 23.9 Å². The molecule has 2 fully saturated rings. The van der Waals surface area contributed by atoms with Crippen molar-refractivity contribution in [2.75, 3.05) is 51.7 Å². The molecule has 3 rings (SSSR count). The molecule has 1 aromatic carbocycles. The van der Waals surface area contributed by atoms with Gasteiger partial charge in [0.25, 0.3) is 5.91 Å². The highest BCUT2D eigenvalue weighted by Crippen LogP contribution is 2.21. The molecule has 0 bridgehead atoms. The summed E-state index contributed by atoms with van der Waals surface area (Å²) in [5, 5.41) is 2.57. The van der Waals surface area contributed by atoms with Gasteiger partial charge < -0.3 is 10.1 Å². The quantitative estimate of drug-likeness (QED) is 0.643. The maximum absolute atomic E-state index is 12.5. The van der Waals surface area contributed by atoms with Gasteiger partial charge >= 0.3 is 0 Å². The second-order valence-electron chi connectivity index (χ2n) is 6.72. The number of nitrogens with one attached hydrogen (secondary N) is 1. The van der Waals surface area contributed by atoms with Gasteiger partial charge in [-0.1, -0.05) is 0 Å². The largest absolute Gasteiger partial charge is 0.379 e. The van der Waals surface area contributed by atoms with Gasteiger partial charge in [-0.2, -0.15) is 8.61 Å². The zero-order valence-electron chi connectivity index (χ0n) is 15.5. The Labute approximate surface area is 165 Å². The molecular weight excluding hydrogens is 406 g/mol. The summed E-state index contributed by atoms with van der Waals surface area (Å²) < 4.78 is 57.4. The molecule has 0 aliphatic carbocycles. The number of carbonyl (C=O) groups is 1. The first-order valence-corrected chi connectivity index (χ1v) is 12.3. The fourth-order valence-electron chi connectivity index (χ4n) is 3.21. The van der Waals surface area contributed by atoms with E-state index in [1.807, 2.05) is 0 Å². The Morgan fingerprint density at radius 3 is 2.14 bits per heavy atom. The molecule has 2 heterocycles. The van der Waals surface area contributed by atoms with Crippen LogP contribution in [0.2, 0.25) is 0 Å². The van der Waals surface area contributed by atoms with Crippen molar-refractivity contribution >= 4 is 26.0 Å². The highest BCUT2D eigenvalue weighted by molar-refractivity contribution is 7.89. The Morgan fingerprint density at radius 2 is 1.54 bits per heavy atom. The Balaban J connectivity index is 1.54. The van der Waals surface area contributed by atoms with Crippen LogP contribution in [-0.4, -0.2) is 83.0 Å². The number of sulfonamides is 2. The van der Waals surface area contributed by atoms with E-state index in [9.17, 15) is 21.6 Å². The average molecular weight is 432 g/mol. The number of morpholine rings is 1. The third-order valence-electron chi connectivity index (χ3n) is 4.83. The number of benzene rings is 1. The Kier molecular flexibility index (Phi) is 6.71. The molecule has 0 spiro atoms. The minimum Gasteiger partial charge on any atom is -0.379 e. The smallest absolute Gasteiger partial charge is 0.251 e. The van der Waals surface area contributed by atoms with Crippen molar-refractivity contribution in [2.24, 2.45) is 0 Å². The lowest BCUT2D eigenvalue weighted by atomic mass is 10.2. The molecule has 1 N–H and O–H groups in total. The molecule has 0 atom stereocenters. The van der Waals surface area contributed by atoms with E-state index in [2.05, 4.69) is 5.32 Å². The lowest BCUT2D eigenvalue weighted by Crippen LogP contribution is -2.43. The molecule has 0 radical (unpaired) electrons. The third kappa shape index (κ3) is 4.90. The summed E-state index contributed by atoms with van der Waals surface area (Å²) in [6.45, 7) is 2.40. The topological polar surface area (TPSA) is 113 Å². The minimum atomic E-state index is -3.52. The van der Waals surface area contributed by atoms with Gasteiger partial charge in [-0.25, -0.2) is 16.8 Å². The standard InChI is InChI=1S/C17H25N3O6S2/c21-17(18-7-14-27(22,23)19-10-12-26-13-11-19)15-3-5-16(6-4-15)28(24,25)20-8-1-2-9-20/h3-6H,1-2,7-14H2,(H,18,21). The van der Waals surface area contributed by atoms with Crippen molar-refractivity contribution in [1.29, 1.82) is 0 Å². The lowest BCUT2D eigenvalue weighted by molar-refractivity contribution is 0.0730. The molecule has 11 heteroatoms. The highest BCUT2D eigenvalue weighted by Gasteiger charge is 2.27. The van der Waals surface area contributed by atoms with E-state index in [-0.39, 0.29) is 22.8 Å². The van der Waals surface area contributed by atoms with Gasteiger partial charge in [-0.15, -0.1) is 0 Å². The molecule has 1 aromatic rings. The fraction of sp³-hybridized carbons (Fsp3) is 0.588. The van der Waals surface area contributed by atoms with Crippen LogP contribution >= 0.6 is 0 Å². The van der Waals surface area contributed by atoms with Crippen molar-refractivity contribution in [1.82, 2.24) is 13.9 Å². The summed E-state index contributed by atoms with van der Waals surface area (Å²) in [6.07, 6.45) is 1.71. The Morgan fingerprint density at radius 1 is 0.929 bits per heavy atom. The summed E-state index contributed by atoms with van der Waals surface area (Å²) in [5.74, 6) is -0.637. The highest BCUT2D eigenvalue weighted by atomic mass is 32.2. The first kappa shape index (κ1) is 21.2. The van der Waals surface area contributed by atoms with Gasteiger partial charge in [0.2, 0.25) is 20.0 Å². The summed E-state index contributed by atoms with van der Waals surface area (Å²) in [5.41, 5.74) is 0.282. The van der Waals surface area contributed by atoms with Crippen LogP contribution in [0.5, 0.6) is 0 Å². The second-order valence-corrected chi connectivity index (χ2v) is 10.7. The van der Waals surface area contributed by atoms with Crippen molar-refractivity contribution < 1.29 is 26.4 Å².